The van der Waals surface area contributed by atoms with Crippen LogP contribution in [0.15, 0.2) is 24.3 Å². The fourth-order valence-corrected chi connectivity index (χ4v) is 1.50. The highest BCUT2D eigenvalue weighted by atomic mass is 16.7. The van der Waals surface area contributed by atoms with Crippen molar-refractivity contribution in [2.45, 2.75) is 25.7 Å². The molecule has 0 bridgehead atoms. The van der Waals surface area contributed by atoms with Gasteiger partial charge in [0.25, 0.3) is 0 Å². The fraction of sp³-hybridized carbons (Fsp3) is 0.500. The summed E-state index contributed by atoms with van der Waals surface area (Å²) in [6.45, 7) is 4.92. The Morgan fingerprint density at radius 3 is 2.80 bits per heavy atom. The van der Waals surface area contributed by atoms with Crippen LogP contribution in [-0.4, -0.2) is 25.1 Å². The van der Waals surface area contributed by atoms with E-state index in [-0.39, 0.29) is 6.10 Å². The molecule has 1 fully saturated rings. The first-order valence-corrected chi connectivity index (χ1v) is 5.06. The van der Waals surface area contributed by atoms with E-state index in [2.05, 4.69) is 6.07 Å². The Bertz CT molecular complexity index is 308. The van der Waals surface area contributed by atoms with E-state index in [1.165, 1.54) is 0 Å². The quantitative estimate of drug-likeness (QED) is 0.759. The van der Waals surface area contributed by atoms with Gasteiger partial charge in [0, 0.05) is 0 Å². The van der Waals surface area contributed by atoms with Gasteiger partial charge in [-0.25, -0.2) is 0 Å². The minimum atomic E-state index is -0.474. The summed E-state index contributed by atoms with van der Waals surface area (Å²) in [4.78, 5) is 0. The lowest BCUT2D eigenvalue weighted by Crippen LogP contribution is -2.25. The summed E-state index contributed by atoms with van der Waals surface area (Å²) < 4.78 is 16.6. The maximum atomic E-state index is 5.62. The fourth-order valence-electron chi connectivity index (χ4n) is 1.50. The number of benzene rings is 1. The summed E-state index contributed by atoms with van der Waals surface area (Å²) in [6, 6.07) is 10.3. The van der Waals surface area contributed by atoms with Gasteiger partial charge in [0.2, 0.25) is 0 Å². The van der Waals surface area contributed by atoms with E-state index in [0.29, 0.717) is 13.2 Å². The van der Waals surface area contributed by atoms with Crippen molar-refractivity contribution in [3.63, 3.8) is 0 Å². The third kappa shape index (κ3) is 2.94. The molecule has 0 saturated carbocycles. The van der Waals surface area contributed by atoms with Crippen LogP contribution in [0.1, 0.15) is 13.8 Å². The first-order valence-electron chi connectivity index (χ1n) is 5.06. The van der Waals surface area contributed by atoms with Crippen LogP contribution in [0.5, 0.6) is 5.75 Å². The first kappa shape index (κ1) is 10.5. The lowest BCUT2D eigenvalue weighted by molar-refractivity contribution is -0.141. The second kappa shape index (κ2) is 4.21. The Morgan fingerprint density at radius 1 is 1.47 bits per heavy atom. The second-order valence-electron chi connectivity index (χ2n) is 4.00. The van der Waals surface area contributed by atoms with Crippen molar-refractivity contribution in [3.05, 3.63) is 30.3 Å². The Morgan fingerprint density at radius 2 is 2.20 bits per heavy atom. The molecule has 1 atom stereocenters. The van der Waals surface area contributed by atoms with E-state index >= 15 is 0 Å². The van der Waals surface area contributed by atoms with E-state index in [0.717, 1.165) is 5.75 Å². The summed E-state index contributed by atoms with van der Waals surface area (Å²) in [7, 11) is 0. The Labute approximate surface area is 90.0 Å². The van der Waals surface area contributed by atoms with Crippen LogP contribution >= 0.6 is 0 Å². The Balaban J connectivity index is 1.80. The molecule has 0 aromatic heterocycles. The Kier molecular flexibility index (Phi) is 2.93. The summed E-state index contributed by atoms with van der Waals surface area (Å²) >= 11 is 0. The van der Waals surface area contributed by atoms with Gasteiger partial charge in [0.1, 0.15) is 18.5 Å². The topological polar surface area (TPSA) is 27.7 Å². The number of ether oxygens (including phenoxy) is 3. The van der Waals surface area contributed by atoms with Crippen LogP contribution in [0.25, 0.3) is 0 Å². The Hall–Kier alpha value is -1.06. The van der Waals surface area contributed by atoms with Crippen molar-refractivity contribution < 1.29 is 14.2 Å². The van der Waals surface area contributed by atoms with Gasteiger partial charge in [-0.05, 0) is 32.0 Å². The smallest absolute Gasteiger partial charge is 0.163 e. The predicted octanol–water partition coefficient (Wildman–Crippen LogP) is 2.02. The SMILES string of the molecule is CC1(C)OCC(COc2cc[c]cc2)O1. The molecule has 1 aromatic rings. The highest BCUT2D eigenvalue weighted by Gasteiger charge is 2.32. The maximum Gasteiger partial charge on any atom is 0.163 e. The summed E-state index contributed by atoms with van der Waals surface area (Å²) in [6.07, 6.45) is 0.0178. The van der Waals surface area contributed by atoms with Gasteiger partial charge in [-0.15, -0.1) is 0 Å². The van der Waals surface area contributed by atoms with Crippen LogP contribution in [0.4, 0.5) is 0 Å². The monoisotopic (exact) mass is 207 g/mol. The molecule has 0 N–H and O–H groups in total. The zero-order valence-corrected chi connectivity index (χ0v) is 9.03. The van der Waals surface area contributed by atoms with Crippen molar-refractivity contribution in [2.75, 3.05) is 13.2 Å². The van der Waals surface area contributed by atoms with Gasteiger partial charge in [-0.2, -0.15) is 0 Å². The van der Waals surface area contributed by atoms with Crippen molar-refractivity contribution >= 4 is 0 Å². The van der Waals surface area contributed by atoms with Crippen LogP contribution in [0.3, 0.4) is 0 Å². The standard InChI is InChI=1S/C12H15O3/c1-12(2)14-9-11(15-12)8-13-10-6-4-3-5-7-10/h4-7,11H,8-9H2,1-2H3. The van der Waals surface area contributed by atoms with Crippen LogP contribution in [-0.2, 0) is 9.47 Å². The van der Waals surface area contributed by atoms with Gasteiger partial charge in [-0.3, -0.25) is 0 Å². The number of rotatable bonds is 3. The minimum absolute atomic E-state index is 0.0178. The van der Waals surface area contributed by atoms with E-state index in [9.17, 15) is 0 Å². The third-order valence-electron chi connectivity index (χ3n) is 2.19. The zero-order valence-electron chi connectivity index (χ0n) is 9.03. The molecule has 1 heterocycles. The lowest BCUT2D eigenvalue weighted by Gasteiger charge is -2.17. The zero-order chi connectivity index (χ0) is 10.7. The summed E-state index contributed by atoms with van der Waals surface area (Å²) in [5.74, 6) is 0.362. The molecule has 1 aromatic carbocycles. The van der Waals surface area contributed by atoms with E-state index in [1.54, 1.807) is 0 Å². The van der Waals surface area contributed by atoms with Crippen LogP contribution in [0, 0.1) is 6.07 Å². The molecule has 1 unspecified atom stereocenters. The lowest BCUT2D eigenvalue weighted by atomic mass is 10.3. The van der Waals surface area contributed by atoms with Crippen LogP contribution in [0.2, 0.25) is 0 Å². The van der Waals surface area contributed by atoms with Crippen molar-refractivity contribution in [1.29, 1.82) is 0 Å². The average Bonchev–Trinajstić information content (AvgIpc) is 2.57. The van der Waals surface area contributed by atoms with E-state index in [4.69, 9.17) is 14.2 Å². The summed E-state index contributed by atoms with van der Waals surface area (Å²) in [5, 5.41) is 0. The molecule has 0 spiro atoms. The van der Waals surface area contributed by atoms with E-state index in [1.807, 2.05) is 38.1 Å². The van der Waals surface area contributed by atoms with E-state index < -0.39 is 5.79 Å². The van der Waals surface area contributed by atoms with Crippen molar-refractivity contribution in [3.8, 4) is 5.75 Å². The average molecular weight is 207 g/mol. The molecule has 15 heavy (non-hydrogen) atoms. The molecule has 1 saturated heterocycles. The van der Waals surface area contributed by atoms with Gasteiger partial charge >= 0.3 is 0 Å². The van der Waals surface area contributed by atoms with Gasteiger partial charge in [0.05, 0.1) is 6.61 Å². The maximum absolute atomic E-state index is 5.62. The molecule has 81 valence electrons. The molecule has 1 aliphatic rings. The second-order valence-corrected chi connectivity index (χ2v) is 4.00. The number of hydrogen-bond donors (Lipinski definition) is 0. The van der Waals surface area contributed by atoms with Crippen LogP contribution < -0.4 is 4.74 Å². The van der Waals surface area contributed by atoms with Gasteiger partial charge in [-0.1, -0.05) is 12.1 Å². The predicted molar refractivity (Wildman–Crippen MR) is 55.7 cm³/mol. The molecular formula is C12H15O3. The highest BCUT2D eigenvalue weighted by molar-refractivity contribution is 5.20. The molecular weight excluding hydrogens is 192 g/mol. The molecule has 1 aliphatic heterocycles. The third-order valence-corrected chi connectivity index (χ3v) is 2.19. The molecule has 2 rings (SSSR count). The molecule has 0 aliphatic carbocycles. The largest absolute Gasteiger partial charge is 0.491 e. The van der Waals surface area contributed by atoms with Crippen molar-refractivity contribution in [2.24, 2.45) is 0 Å². The molecule has 3 nitrogen and oxygen atoms in total. The molecule has 3 heteroatoms. The number of hydrogen-bond acceptors (Lipinski definition) is 3. The normalized spacial score (nSPS) is 24.0. The van der Waals surface area contributed by atoms with Crippen molar-refractivity contribution in [1.82, 2.24) is 0 Å². The minimum Gasteiger partial charge on any atom is -0.491 e. The van der Waals surface area contributed by atoms with Gasteiger partial charge in [0.15, 0.2) is 5.79 Å². The molecule has 0 amide bonds. The molecule has 1 radical (unpaired) electrons. The van der Waals surface area contributed by atoms with Gasteiger partial charge < -0.3 is 14.2 Å². The highest BCUT2D eigenvalue weighted by Crippen LogP contribution is 2.22. The summed E-state index contributed by atoms with van der Waals surface area (Å²) in [5.41, 5.74) is 0. The first-order chi connectivity index (χ1) is 7.16.